The van der Waals surface area contributed by atoms with Crippen LogP contribution in [0.2, 0.25) is 0 Å². The average Bonchev–Trinajstić information content (AvgIpc) is 2.36. The van der Waals surface area contributed by atoms with Crippen LogP contribution >= 0.6 is 0 Å². The van der Waals surface area contributed by atoms with Crippen molar-refractivity contribution in [1.82, 2.24) is 10.2 Å². The minimum atomic E-state index is -0.685. The van der Waals surface area contributed by atoms with Gasteiger partial charge in [0.2, 0.25) is 5.91 Å². The van der Waals surface area contributed by atoms with Crippen molar-refractivity contribution in [3.63, 3.8) is 0 Å². The molecule has 5 heteroatoms. The summed E-state index contributed by atoms with van der Waals surface area (Å²) in [7, 11) is 0. The number of carbonyl (C=O) groups is 2. The molecule has 1 aliphatic heterocycles. The summed E-state index contributed by atoms with van der Waals surface area (Å²) in [6.45, 7) is 8.03. The monoisotopic (exact) mass is 284 g/mol. The lowest BCUT2D eigenvalue weighted by Gasteiger charge is -2.39. The van der Waals surface area contributed by atoms with E-state index in [4.69, 9.17) is 0 Å². The van der Waals surface area contributed by atoms with Gasteiger partial charge in [-0.1, -0.05) is 13.3 Å². The zero-order valence-electron chi connectivity index (χ0n) is 12.9. The predicted octanol–water partition coefficient (Wildman–Crippen LogP) is 1.87. The Balaban J connectivity index is 2.51. The van der Waals surface area contributed by atoms with Gasteiger partial charge in [-0.2, -0.15) is 0 Å². The Morgan fingerprint density at radius 3 is 2.65 bits per heavy atom. The summed E-state index contributed by atoms with van der Waals surface area (Å²) in [4.78, 5) is 25.4. The third-order valence-electron chi connectivity index (χ3n) is 3.94. The normalized spacial score (nSPS) is 23.8. The van der Waals surface area contributed by atoms with Crippen molar-refractivity contribution in [3.05, 3.63) is 0 Å². The molecule has 0 aliphatic carbocycles. The van der Waals surface area contributed by atoms with Crippen LogP contribution in [0.15, 0.2) is 0 Å². The summed E-state index contributed by atoms with van der Waals surface area (Å²) in [5.41, 5.74) is -0.610. The molecule has 0 bridgehead atoms. The van der Waals surface area contributed by atoms with E-state index in [-0.39, 0.29) is 11.9 Å². The predicted molar refractivity (Wildman–Crippen MR) is 78.5 cm³/mol. The summed E-state index contributed by atoms with van der Waals surface area (Å²) in [5.74, 6) is -0.641. The second-order valence-electron chi connectivity index (χ2n) is 6.19. The van der Waals surface area contributed by atoms with Gasteiger partial charge in [-0.3, -0.25) is 9.59 Å². The van der Waals surface area contributed by atoms with Gasteiger partial charge in [0.1, 0.15) is 0 Å². The van der Waals surface area contributed by atoms with E-state index < -0.39 is 11.4 Å². The smallest absolute Gasteiger partial charge is 0.310 e. The number of nitrogens with one attached hydrogen (secondary N) is 1. The van der Waals surface area contributed by atoms with Crippen molar-refractivity contribution in [1.29, 1.82) is 0 Å². The molecule has 2 N–H and O–H groups in total. The number of aliphatic carboxylic acids is 1. The number of nitrogens with zero attached hydrogens (tertiary/aromatic N) is 1. The number of carbonyl (C=O) groups excluding carboxylic acids is 1. The highest BCUT2D eigenvalue weighted by Gasteiger charge is 2.41. The maximum absolute atomic E-state index is 11.7. The Morgan fingerprint density at radius 1 is 1.40 bits per heavy atom. The molecular weight excluding hydrogens is 256 g/mol. The molecule has 1 rings (SSSR count). The Hall–Kier alpha value is -1.10. The summed E-state index contributed by atoms with van der Waals surface area (Å²) in [6, 6.07) is 0.155. The SMILES string of the molecule is CCCC1(C(=O)O)CCCN(CCC(=O)NC(C)C)C1. The van der Waals surface area contributed by atoms with Crippen LogP contribution in [-0.2, 0) is 9.59 Å². The summed E-state index contributed by atoms with van der Waals surface area (Å²) in [5, 5.41) is 12.4. The molecule has 116 valence electrons. The lowest BCUT2D eigenvalue weighted by atomic mass is 9.76. The van der Waals surface area contributed by atoms with E-state index in [1.54, 1.807) is 0 Å². The van der Waals surface area contributed by atoms with Crippen molar-refractivity contribution in [3.8, 4) is 0 Å². The van der Waals surface area contributed by atoms with E-state index in [0.29, 0.717) is 19.5 Å². The van der Waals surface area contributed by atoms with Gasteiger partial charge in [0.15, 0.2) is 0 Å². The highest BCUT2D eigenvalue weighted by Crippen LogP contribution is 2.35. The molecule has 0 radical (unpaired) electrons. The van der Waals surface area contributed by atoms with Crippen LogP contribution in [0.3, 0.4) is 0 Å². The minimum absolute atomic E-state index is 0.0435. The molecule has 0 aromatic rings. The quantitative estimate of drug-likeness (QED) is 0.749. The Bertz CT molecular complexity index is 340. The first-order chi connectivity index (χ1) is 9.39. The van der Waals surface area contributed by atoms with Crippen LogP contribution in [0.5, 0.6) is 0 Å². The van der Waals surface area contributed by atoms with E-state index in [1.165, 1.54) is 0 Å². The van der Waals surface area contributed by atoms with Gasteiger partial charge in [-0.25, -0.2) is 0 Å². The Kier molecular flexibility index (Phi) is 6.46. The Morgan fingerprint density at radius 2 is 2.10 bits per heavy atom. The number of amides is 1. The topological polar surface area (TPSA) is 69.6 Å². The molecule has 0 aromatic carbocycles. The third-order valence-corrected chi connectivity index (χ3v) is 3.94. The van der Waals surface area contributed by atoms with Gasteiger partial charge >= 0.3 is 5.97 Å². The van der Waals surface area contributed by atoms with Crippen molar-refractivity contribution in [2.24, 2.45) is 5.41 Å². The standard InChI is InChI=1S/C15H28N2O3/c1-4-7-15(14(19)20)8-5-9-17(11-15)10-6-13(18)16-12(2)3/h12H,4-11H2,1-3H3,(H,16,18)(H,19,20). The molecule has 1 amide bonds. The lowest BCUT2D eigenvalue weighted by molar-refractivity contribution is -0.153. The maximum atomic E-state index is 11.7. The van der Waals surface area contributed by atoms with Crippen molar-refractivity contribution < 1.29 is 14.7 Å². The van der Waals surface area contributed by atoms with Crippen LogP contribution in [0.25, 0.3) is 0 Å². The number of hydrogen-bond acceptors (Lipinski definition) is 3. The zero-order chi connectivity index (χ0) is 15.2. The maximum Gasteiger partial charge on any atom is 0.310 e. The summed E-state index contributed by atoms with van der Waals surface area (Å²) in [6.07, 6.45) is 3.70. The second kappa shape index (κ2) is 7.62. The first kappa shape index (κ1) is 17.0. The molecule has 5 nitrogen and oxygen atoms in total. The van der Waals surface area contributed by atoms with Gasteiger partial charge in [-0.05, 0) is 39.7 Å². The van der Waals surface area contributed by atoms with E-state index >= 15 is 0 Å². The van der Waals surface area contributed by atoms with E-state index in [2.05, 4.69) is 10.2 Å². The third kappa shape index (κ3) is 4.78. The molecule has 1 saturated heterocycles. The van der Waals surface area contributed by atoms with Gasteiger partial charge < -0.3 is 15.3 Å². The van der Waals surface area contributed by atoms with Crippen molar-refractivity contribution in [2.45, 2.75) is 58.9 Å². The van der Waals surface area contributed by atoms with Gasteiger partial charge in [0.05, 0.1) is 5.41 Å². The van der Waals surface area contributed by atoms with Crippen LogP contribution in [-0.4, -0.2) is 47.6 Å². The van der Waals surface area contributed by atoms with Gasteiger partial charge in [0, 0.05) is 25.6 Å². The Labute approximate surface area is 121 Å². The average molecular weight is 284 g/mol. The minimum Gasteiger partial charge on any atom is -0.481 e. The van der Waals surface area contributed by atoms with Gasteiger partial charge in [0.25, 0.3) is 0 Å². The first-order valence-electron chi connectivity index (χ1n) is 7.65. The lowest BCUT2D eigenvalue weighted by Crippen LogP contribution is -2.48. The fraction of sp³-hybridized carbons (Fsp3) is 0.867. The van der Waals surface area contributed by atoms with Crippen LogP contribution in [0.1, 0.15) is 52.9 Å². The molecule has 0 saturated carbocycles. The number of carboxylic acid groups (broad SMARTS) is 1. The number of hydrogen-bond donors (Lipinski definition) is 2. The zero-order valence-corrected chi connectivity index (χ0v) is 12.9. The molecular formula is C15H28N2O3. The molecule has 0 aromatic heterocycles. The molecule has 1 fully saturated rings. The second-order valence-corrected chi connectivity index (χ2v) is 6.19. The van der Waals surface area contributed by atoms with E-state index in [0.717, 1.165) is 32.2 Å². The molecule has 1 unspecified atom stereocenters. The summed E-state index contributed by atoms with van der Waals surface area (Å²) < 4.78 is 0. The number of rotatable bonds is 7. The highest BCUT2D eigenvalue weighted by atomic mass is 16.4. The molecule has 1 aliphatic rings. The summed E-state index contributed by atoms with van der Waals surface area (Å²) >= 11 is 0. The van der Waals surface area contributed by atoms with Crippen LogP contribution in [0, 0.1) is 5.41 Å². The molecule has 20 heavy (non-hydrogen) atoms. The number of piperidine rings is 1. The molecule has 1 heterocycles. The number of likely N-dealkylation sites (tertiary alicyclic amines) is 1. The fourth-order valence-electron chi connectivity index (χ4n) is 3.04. The first-order valence-corrected chi connectivity index (χ1v) is 7.65. The molecule has 1 atom stereocenters. The molecule has 0 spiro atoms. The van der Waals surface area contributed by atoms with Crippen molar-refractivity contribution >= 4 is 11.9 Å². The van der Waals surface area contributed by atoms with Gasteiger partial charge in [-0.15, -0.1) is 0 Å². The van der Waals surface area contributed by atoms with E-state index in [1.807, 2.05) is 20.8 Å². The highest BCUT2D eigenvalue weighted by molar-refractivity contribution is 5.76. The van der Waals surface area contributed by atoms with Crippen LogP contribution in [0.4, 0.5) is 0 Å². The fourth-order valence-corrected chi connectivity index (χ4v) is 3.04. The van der Waals surface area contributed by atoms with Crippen LogP contribution < -0.4 is 5.32 Å². The number of carboxylic acids is 1. The van der Waals surface area contributed by atoms with E-state index in [9.17, 15) is 14.7 Å². The van der Waals surface area contributed by atoms with Crippen molar-refractivity contribution in [2.75, 3.05) is 19.6 Å². The largest absolute Gasteiger partial charge is 0.481 e.